The van der Waals surface area contributed by atoms with Gasteiger partial charge in [0.15, 0.2) is 0 Å². The van der Waals surface area contributed by atoms with Crippen LogP contribution < -0.4 is 10.6 Å². The molecular formula is C14H22N2. The van der Waals surface area contributed by atoms with Gasteiger partial charge in [0.2, 0.25) is 0 Å². The number of hydrogen-bond acceptors (Lipinski definition) is 2. The molecule has 0 bridgehead atoms. The van der Waals surface area contributed by atoms with Crippen molar-refractivity contribution in [2.24, 2.45) is 11.7 Å². The second kappa shape index (κ2) is 5.35. The Morgan fingerprint density at radius 2 is 1.75 bits per heavy atom. The van der Waals surface area contributed by atoms with Crippen molar-refractivity contribution < 1.29 is 0 Å². The third-order valence-corrected chi connectivity index (χ3v) is 3.86. The van der Waals surface area contributed by atoms with Gasteiger partial charge in [-0.25, -0.2) is 0 Å². The van der Waals surface area contributed by atoms with Crippen LogP contribution in [-0.2, 0) is 0 Å². The van der Waals surface area contributed by atoms with Crippen LogP contribution in [0.2, 0.25) is 0 Å². The molecule has 16 heavy (non-hydrogen) atoms. The topological polar surface area (TPSA) is 29.3 Å². The highest BCUT2D eigenvalue weighted by molar-refractivity contribution is 5.46. The highest BCUT2D eigenvalue weighted by Crippen LogP contribution is 2.28. The van der Waals surface area contributed by atoms with Gasteiger partial charge in [-0.2, -0.15) is 0 Å². The fraction of sp³-hybridized carbons (Fsp3) is 0.571. The van der Waals surface area contributed by atoms with E-state index < -0.39 is 0 Å². The van der Waals surface area contributed by atoms with E-state index >= 15 is 0 Å². The summed E-state index contributed by atoms with van der Waals surface area (Å²) in [6.45, 7) is 0.863. The Kier molecular flexibility index (Phi) is 3.83. The molecule has 1 aliphatic carbocycles. The largest absolute Gasteiger partial charge is 0.372 e. The van der Waals surface area contributed by atoms with E-state index in [0.29, 0.717) is 6.04 Å². The van der Waals surface area contributed by atoms with Gasteiger partial charge in [0, 0.05) is 18.8 Å². The second-order valence-electron chi connectivity index (χ2n) is 4.86. The van der Waals surface area contributed by atoms with Gasteiger partial charge >= 0.3 is 0 Å². The Hall–Kier alpha value is -1.02. The molecule has 0 unspecified atom stereocenters. The first kappa shape index (κ1) is 11.5. The van der Waals surface area contributed by atoms with Crippen molar-refractivity contribution >= 4 is 5.69 Å². The smallest absolute Gasteiger partial charge is 0.0366 e. The predicted octanol–water partition coefficient (Wildman–Crippen LogP) is 2.64. The molecule has 0 heterocycles. The monoisotopic (exact) mass is 218 g/mol. The molecule has 1 saturated carbocycles. The maximum atomic E-state index is 5.72. The van der Waals surface area contributed by atoms with Crippen LogP contribution in [0.25, 0.3) is 0 Å². The van der Waals surface area contributed by atoms with Crippen molar-refractivity contribution in [1.82, 2.24) is 0 Å². The molecule has 1 aliphatic rings. The summed E-state index contributed by atoms with van der Waals surface area (Å²) in [5.41, 5.74) is 7.05. The van der Waals surface area contributed by atoms with E-state index in [-0.39, 0.29) is 0 Å². The molecule has 1 fully saturated rings. The van der Waals surface area contributed by atoms with Crippen LogP contribution in [0.1, 0.15) is 25.7 Å². The molecule has 2 heteroatoms. The van der Waals surface area contributed by atoms with Crippen molar-refractivity contribution in [2.75, 3.05) is 18.5 Å². The minimum atomic E-state index is 0.699. The molecule has 88 valence electrons. The molecule has 0 aromatic heterocycles. The number of rotatable bonds is 3. The lowest BCUT2D eigenvalue weighted by Crippen LogP contribution is -2.36. The molecule has 0 saturated heterocycles. The van der Waals surface area contributed by atoms with Gasteiger partial charge in [0.05, 0.1) is 0 Å². The van der Waals surface area contributed by atoms with Crippen LogP contribution in [0.3, 0.4) is 0 Å². The molecule has 1 aromatic carbocycles. The molecule has 0 atom stereocenters. The summed E-state index contributed by atoms with van der Waals surface area (Å²) in [5, 5.41) is 0. The van der Waals surface area contributed by atoms with Crippen LogP contribution in [0.5, 0.6) is 0 Å². The van der Waals surface area contributed by atoms with E-state index in [1.807, 2.05) is 0 Å². The van der Waals surface area contributed by atoms with Crippen LogP contribution in [0.4, 0.5) is 5.69 Å². The van der Waals surface area contributed by atoms with Crippen molar-refractivity contribution in [3.63, 3.8) is 0 Å². The van der Waals surface area contributed by atoms with E-state index in [1.54, 1.807) is 0 Å². The lowest BCUT2D eigenvalue weighted by Gasteiger charge is -2.35. The molecular weight excluding hydrogens is 196 g/mol. The van der Waals surface area contributed by atoms with Gasteiger partial charge in [0.1, 0.15) is 0 Å². The zero-order valence-corrected chi connectivity index (χ0v) is 10.1. The minimum Gasteiger partial charge on any atom is -0.372 e. The van der Waals surface area contributed by atoms with Gasteiger partial charge in [-0.05, 0) is 50.3 Å². The zero-order chi connectivity index (χ0) is 11.4. The van der Waals surface area contributed by atoms with Gasteiger partial charge < -0.3 is 10.6 Å². The first-order chi connectivity index (χ1) is 7.81. The summed E-state index contributed by atoms with van der Waals surface area (Å²) in [4.78, 5) is 2.42. The maximum Gasteiger partial charge on any atom is 0.0366 e. The average Bonchev–Trinajstić information content (AvgIpc) is 2.39. The fourth-order valence-electron chi connectivity index (χ4n) is 2.64. The van der Waals surface area contributed by atoms with Crippen molar-refractivity contribution in [3.8, 4) is 0 Å². The molecule has 0 spiro atoms. The molecule has 1 aromatic rings. The Morgan fingerprint density at radius 3 is 2.31 bits per heavy atom. The zero-order valence-electron chi connectivity index (χ0n) is 10.1. The number of nitrogens with two attached hydrogens (primary N) is 1. The molecule has 2 rings (SSSR count). The highest BCUT2D eigenvalue weighted by atomic mass is 15.1. The number of nitrogens with zero attached hydrogens (tertiary/aromatic N) is 1. The molecule has 0 amide bonds. The summed E-state index contributed by atoms with van der Waals surface area (Å²) in [6.07, 6.45) is 5.15. The van der Waals surface area contributed by atoms with E-state index in [4.69, 9.17) is 5.73 Å². The number of anilines is 1. The Bertz CT molecular complexity index is 302. The van der Waals surface area contributed by atoms with Crippen molar-refractivity contribution in [2.45, 2.75) is 31.7 Å². The second-order valence-corrected chi connectivity index (χ2v) is 4.86. The lowest BCUT2D eigenvalue weighted by atomic mass is 9.85. The third-order valence-electron chi connectivity index (χ3n) is 3.86. The summed E-state index contributed by atoms with van der Waals surface area (Å²) < 4.78 is 0. The van der Waals surface area contributed by atoms with Crippen LogP contribution in [0.15, 0.2) is 30.3 Å². The Labute approximate surface area is 98.4 Å². The quantitative estimate of drug-likeness (QED) is 0.845. The minimum absolute atomic E-state index is 0.699. The third kappa shape index (κ3) is 2.56. The van der Waals surface area contributed by atoms with Crippen LogP contribution in [-0.4, -0.2) is 19.6 Å². The van der Waals surface area contributed by atoms with Crippen molar-refractivity contribution in [3.05, 3.63) is 30.3 Å². The SMILES string of the molecule is CN(c1ccccc1)C1CCC(CN)CC1. The summed E-state index contributed by atoms with van der Waals surface area (Å²) in [5.74, 6) is 0.764. The van der Waals surface area contributed by atoms with Gasteiger partial charge in [-0.1, -0.05) is 18.2 Å². The highest BCUT2D eigenvalue weighted by Gasteiger charge is 2.23. The normalized spacial score (nSPS) is 25.4. The van der Waals surface area contributed by atoms with Gasteiger partial charge in [-0.15, -0.1) is 0 Å². The number of para-hydroxylation sites is 1. The van der Waals surface area contributed by atoms with E-state index in [2.05, 4.69) is 42.3 Å². The van der Waals surface area contributed by atoms with E-state index in [1.165, 1.54) is 31.4 Å². The fourth-order valence-corrected chi connectivity index (χ4v) is 2.64. The first-order valence-electron chi connectivity index (χ1n) is 6.29. The lowest BCUT2D eigenvalue weighted by molar-refractivity contribution is 0.326. The predicted molar refractivity (Wildman–Crippen MR) is 69.6 cm³/mol. The van der Waals surface area contributed by atoms with Gasteiger partial charge in [-0.3, -0.25) is 0 Å². The average molecular weight is 218 g/mol. The Morgan fingerprint density at radius 1 is 1.12 bits per heavy atom. The maximum absolute atomic E-state index is 5.72. The standard InChI is InChI=1S/C14H22N2/c1-16(13-5-3-2-4-6-13)14-9-7-12(11-15)8-10-14/h2-6,12,14H,7-11,15H2,1H3. The number of benzene rings is 1. The van der Waals surface area contributed by atoms with E-state index in [0.717, 1.165) is 12.5 Å². The molecule has 0 aliphatic heterocycles. The molecule has 0 radical (unpaired) electrons. The van der Waals surface area contributed by atoms with Crippen LogP contribution in [0, 0.1) is 5.92 Å². The summed E-state index contributed by atoms with van der Waals surface area (Å²) >= 11 is 0. The summed E-state index contributed by atoms with van der Waals surface area (Å²) in [6, 6.07) is 11.4. The van der Waals surface area contributed by atoms with E-state index in [9.17, 15) is 0 Å². The number of hydrogen-bond donors (Lipinski definition) is 1. The summed E-state index contributed by atoms with van der Waals surface area (Å²) in [7, 11) is 2.21. The Balaban J connectivity index is 1.94. The van der Waals surface area contributed by atoms with Crippen molar-refractivity contribution in [1.29, 1.82) is 0 Å². The van der Waals surface area contributed by atoms with Gasteiger partial charge in [0.25, 0.3) is 0 Å². The molecule has 2 N–H and O–H groups in total. The van der Waals surface area contributed by atoms with Crippen LogP contribution >= 0.6 is 0 Å². The molecule has 2 nitrogen and oxygen atoms in total. The first-order valence-corrected chi connectivity index (χ1v) is 6.29.